The summed E-state index contributed by atoms with van der Waals surface area (Å²) in [6.07, 6.45) is 0.525. The Bertz CT molecular complexity index is 654. The average Bonchev–Trinajstić information content (AvgIpc) is 2.69. The Morgan fingerprint density at radius 3 is 2.79 bits per heavy atom. The van der Waals surface area contributed by atoms with Crippen molar-refractivity contribution in [2.45, 2.75) is 13.3 Å². The molecule has 3 nitrogen and oxygen atoms in total. The average molecular weight is 300 g/mol. The van der Waals surface area contributed by atoms with Crippen LogP contribution in [0.2, 0.25) is 5.02 Å². The predicted octanol–water partition coefficient (Wildman–Crippen LogP) is 4.05. The highest BCUT2D eigenvalue weighted by Gasteiger charge is 2.22. The second kappa shape index (κ2) is 5.19. The van der Waals surface area contributed by atoms with Gasteiger partial charge in [-0.15, -0.1) is 11.3 Å². The third-order valence-electron chi connectivity index (χ3n) is 2.79. The van der Waals surface area contributed by atoms with Gasteiger partial charge in [-0.1, -0.05) is 30.7 Å². The quantitative estimate of drug-likeness (QED) is 0.898. The highest BCUT2D eigenvalue weighted by molar-refractivity contribution is 7.18. The van der Waals surface area contributed by atoms with Gasteiger partial charge in [0.05, 0.1) is 10.7 Å². The Labute approximate surface area is 118 Å². The minimum absolute atomic E-state index is 0.00315. The molecule has 1 aromatic carbocycles. The van der Waals surface area contributed by atoms with Crippen LogP contribution in [0.4, 0.5) is 10.1 Å². The van der Waals surface area contributed by atoms with Gasteiger partial charge in [0.2, 0.25) is 0 Å². The maximum atomic E-state index is 14.0. The SMILES string of the molecule is CCc1c(-c2cccc(Cl)c2F)sc(C(=O)O)c1N. The lowest BCUT2D eigenvalue weighted by atomic mass is 10.1. The molecule has 0 fully saturated rings. The molecule has 0 aliphatic heterocycles. The molecule has 2 rings (SSSR count). The number of carboxylic acid groups (broad SMARTS) is 1. The molecule has 0 aliphatic carbocycles. The smallest absolute Gasteiger partial charge is 0.348 e. The van der Waals surface area contributed by atoms with E-state index in [0.29, 0.717) is 16.9 Å². The number of rotatable bonds is 3. The predicted molar refractivity (Wildman–Crippen MR) is 75.5 cm³/mol. The molecule has 0 saturated carbocycles. The number of anilines is 1. The minimum atomic E-state index is -1.11. The normalized spacial score (nSPS) is 10.7. The van der Waals surface area contributed by atoms with E-state index in [1.165, 1.54) is 6.07 Å². The van der Waals surface area contributed by atoms with Crippen LogP contribution in [-0.2, 0) is 6.42 Å². The summed E-state index contributed by atoms with van der Waals surface area (Å²) < 4.78 is 14.0. The van der Waals surface area contributed by atoms with Crippen LogP contribution in [0.1, 0.15) is 22.2 Å². The molecule has 3 N–H and O–H groups in total. The third kappa shape index (κ3) is 2.31. The molecule has 100 valence electrons. The largest absolute Gasteiger partial charge is 0.477 e. The van der Waals surface area contributed by atoms with Crippen LogP contribution >= 0.6 is 22.9 Å². The van der Waals surface area contributed by atoms with Crippen LogP contribution < -0.4 is 5.73 Å². The molecule has 0 saturated heterocycles. The number of hydrogen-bond donors (Lipinski definition) is 2. The van der Waals surface area contributed by atoms with E-state index in [2.05, 4.69) is 0 Å². The van der Waals surface area contributed by atoms with Crippen molar-refractivity contribution in [3.05, 3.63) is 39.5 Å². The maximum Gasteiger partial charge on any atom is 0.348 e. The molecule has 1 heterocycles. The molecule has 1 aromatic heterocycles. The van der Waals surface area contributed by atoms with E-state index >= 15 is 0 Å². The third-order valence-corrected chi connectivity index (χ3v) is 4.35. The van der Waals surface area contributed by atoms with E-state index in [-0.39, 0.29) is 21.2 Å². The van der Waals surface area contributed by atoms with E-state index in [1.807, 2.05) is 6.92 Å². The molecule has 0 bridgehead atoms. The maximum absolute atomic E-state index is 14.0. The van der Waals surface area contributed by atoms with Gasteiger partial charge < -0.3 is 10.8 Å². The summed E-state index contributed by atoms with van der Waals surface area (Å²) in [6, 6.07) is 4.63. The van der Waals surface area contributed by atoms with Crippen molar-refractivity contribution in [1.82, 2.24) is 0 Å². The zero-order chi connectivity index (χ0) is 14.2. The Kier molecular flexibility index (Phi) is 3.78. The van der Waals surface area contributed by atoms with E-state index in [4.69, 9.17) is 22.4 Å². The van der Waals surface area contributed by atoms with Gasteiger partial charge >= 0.3 is 5.97 Å². The molecule has 19 heavy (non-hydrogen) atoms. The summed E-state index contributed by atoms with van der Waals surface area (Å²) in [5.74, 6) is -1.66. The van der Waals surface area contributed by atoms with E-state index in [1.54, 1.807) is 12.1 Å². The number of carbonyl (C=O) groups is 1. The van der Waals surface area contributed by atoms with Crippen molar-refractivity contribution >= 4 is 34.6 Å². The second-order valence-corrected chi connectivity index (χ2v) is 5.34. The molecule has 0 atom stereocenters. The number of nitrogens with two attached hydrogens (primary N) is 1. The van der Waals surface area contributed by atoms with Gasteiger partial charge in [0, 0.05) is 10.4 Å². The Morgan fingerprint density at radius 2 is 2.21 bits per heavy atom. The van der Waals surface area contributed by atoms with Crippen molar-refractivity contribution in [2.75, 3.05) is 5.73 Å². The molecular formula is C13H11ClFNO2S. The lowest BCUT2D eigenvalue weighted by molar-refractivity contribution is 0.0703. The molecule has 0 radical (unpaired) electrons. The Balaban J connectivity index is 2.72. The fourth-order valence-corrected chi connectivity index (χ4v) is 3.23. The van der Waals surface area contributed by atoms with E-state index in [0.717, 1.165) is 11.3 Å². The van der Waals surface area contributed by atoms with Gasteiger partial charge in [0.1, 0.15) is 10.7 Å². The summed E-state index contributed by atoms with van der Waals surface area (Å²) >= 11 is 6.72. The highest BCUT2D eigenvalue weighted by atomic mass is 35.5. The number of aromatic carboxylic acids is 1. The summed E-state index contributed by atoms with van der Waals surface area (Å²) in [4.78, 5) is 11.7. The Morgan fingerprint density at radius 1 is 1.53 bits per heavy atom. The lowest BCUT2D eigenvalue weighted by Gasteiger charge is -2.05. The topological polar surface area (TPSA) is 63.3 Å². The summed E-state index contributed by atoms with van der Waals surface area (Å²) in [6.45, 7) is 1.84. The fraction of sp³-hybridized carbons (Fsp3) is 0.154. The fourth-order valence-electron chi connectivity index (χ4n) is 1.88. The molecule has 0 amide bonds. The number of benzene rings is 1. The standard InChI is InChI=1S/C13H11ClFNO2S/c1-2-6-10(16)12(13(17)18)19-11(6)7-4-3-5-8(14)9(7)15/h3-5H,2,16H2,1H3,(H,17,18). The van der Waals surface area contributed by atoms with Crippen molar-refractivity contribution in [3.63, 3.8) is 0 Å². The Hall–Kier alpha value is -1.59. The molecule has 6 heteroatoms. The number of halogens is 2. The molecule has 0 spiro atoms. The monoisotopic (exact) mass is 299 g/mol. The first-order valence-electron chi connectivity index (χ1n) is 5.56. The summed E-state index contributed by atoms with van der Waals surface area (Å²) in [5, 5.41) is 9.08. The van der Waals surface area contributed by atoms with Gasteiger partial charge in [-0.05, 0) is 18.1 Å². The lowest BCUT2D eigenvalue weighted by Crippen LogP contribution is -1.99. The van der Waals surface area contributed by atoms with Gasteiger partial charge in [-0.3, -0.25) is 0 Å². The molecule has 0 unspecified atom stereocenters. The zero-order valence-electron chi connectivity index (χ0n) is 10.0. The van der Waals surface area contributed by atoms with Gasteiger partial charge in [0.25, 0.3) is 0 Å². The minimum Gasteiger partial charge on any atom is -0.477 e. The van der Waals surface area contributed by atoms with Crippen molar-refractivity contribution in [1.29, 1.82) is 0 Å². The van der Waals surface area contributed by atoms with Crippen LogP contribution in [0.3, 0.4) is 0 Å². The molecular weight excluding hydrogens is 289 g/mol. The summed E-state index contributed by atoms with van der Waals surface area (Å²) in [7, 11) is 0. The van der Waals surface area contributed by atoms with Gasteiger partial charge in [0.15, 0.2) is 0 Å². The van der Waals surface area contributed by atoms with Crippen molar-refractivity contribution in [3.8, 4) is 10.4 Å². The number of carboxylic acids is 1. The first kappa shape index (κ1) is 13.8. The number of thiophene rings is 1. The molecule has 0 aliphatic rings. The second-order valence-electron chi connectivity index (χ2n) is 3.91. The first-order chi connectivity index (χ1) is 8.97. The van der Waals surface area contributed by atoms with Crippen LogP contribution in [0.25, 0.3) is 10.4 Å². The van der Waals surface area contributed by atoms with Crippen LogP contribution in [0.15, 0.2) is 18.2 Å². The van der Waals surface area contributed by atoms with Crippen LogP contribution in [-0.4, -0.2) is 11.1 Å². The summed E-state index contributed by atoms with van der Waals surface area (Å²) in [5.41, 5.74) is 6.95. The number of nitrogen functional groups attached to an aromatic ring is 1. The van der Waals surface area contributed by atoms with Gasteiger partial charge in [-0.2, -0.15) is 0 Å². The van der Waals surface area contributed by atoms with Gasteiger partial charge in [-0.25, -0.2) is 9.18 Å². The van der Waals surface area contributed by atoms with Crippen molar-refractivity contribution < 1.29 is 14.3 Å². The van der Waals surface area contributed by atoms with Crippen molar-refractivity contribution in [2.24, 2.45) is 0 Å². The van der Waals surface area contributed by atoms with Crippen LogP contribution in [0.5, 0.6) is 0 Å². The van der Waals surface area contributed by atoms with Crippen LogP contribution in [0, 0.1) is 5.82 Å². The zero-order valence-corrected chi connectivity index (χ0v) is 11.6. The first-order valence-corrected chi connectivity index (χ1v) is 6.75. The molecule has 2 aromatic rings. The van der Waals surface area contributed by atoms with E-state index in [9.17, 15) is 9.18 Å². The highest BCUT2D eigenvalue weighted by Crippen LogP contribution is 2.41. The van der Waals surface area contributed by atoms with E-state index < -0.39 is 11.8 Å². The number of hydrogen-bond acceptors (Lipinski definition) is 3.